The molecule has 0 heterocycles. The molecule has 5 N–H and O–H groups in total. The number of rotatable bonds is 11. The fourth-order valence-electron chi connectivity index (χ4n) is 2.06. The standard InChI is InChI=1S/C16H32N4O4/c1-11(2)14(17)16(24)19-12(15(23)18-10-13(21)22)8-6-7-9-20(3,4)5/h11-12,14H,6-10,17H2,1-5H3,(H2-,18,19,21,22,23,24)/p+1/t12-,14-/m0/s1. The minimum absolute atomic E-state index is 0.0501. The Balaban J connectivity index is 4.67. The Morgan fingerprint density at radius 1 is 1.08 bits per heavy atom. The third-order valence-corrected chi connectivity index (χ3v) is 3.64. The van der Waals surface area contributed by atoms with Gasteiger partial charge in [-0.05, 0) is 25.2 Å². The number of carbonyl (C=O) groups is 3. The summed E-state index contributed by atoms with van der Waals surface area (Å²) in [6, 6.07) is -1.47. The zero-order valence-electron chi connectivity index (χ0n) is 15.5. The van der Waals surface area contributed by atoms with Crippen LogP contribution in [0.4, 0.5) is 0 Å². The lowest BCUT2D eigenvalue weighted by atomic mass is 10.0. The van der Waals surface area contributed by atoms with E-state index in [9.17, 15) is 14.4 Å². The van der Waals surface area contributed by atoms with E-state index in [0.29, 0.717) is 6.42 Å². The SMILES string of the molecule is CC(C)[C@H](N)C(=O)N[C@@H](CCCC[N+](C)(C)C)C(=O)NCC(=O)O. The Bertz CT molecular complexity index is 432. The number of nitrogens with two attached hydrogens (primary N) is 1. The van der Waals surface area contributed by atoms with Gasteiger partial charge in [-0.2, -0.15) is 0 Å². The minimum atomic E-state index is -1.13. The summed E-state index contributed by atoms with van der Waals surface area (Å²) in [5.74, 6) is -2.07. The van der Waals surface area contributed by atoms with Gasteiger partial charge in [0.1, 0.15) is 12.6 Å². The van der Waals surface area contributed by atoms with Gasteiger partial charge in [-0.3, -0.25) is 14.4 Å². The highest BCUT2D eigenvalue weighted by Crippen LogP contribution is 2.06. The number of hydrogen-bond donors (Lipinski definition) is 4. The van der Waals surface area contributed by atoms with E-state index in [1.54, 1.807) is 0 Å². The number of nitrogens with one attached hydrogen (secondary N) is 2. The van der Waals surface area contributed by atoms with Crippen LogP contribution >= 0.6 is 0 Å². The molecule has 0 saturated heterocycles. The van der Waals surface area contributed by atoms with Crippen molar-refractivity contribution in [3.63, 3.8) is 0 Å². The summed E-state index contributed by atoms with van der Waals surface area (Å²) in [4.78, 5) is 34.8. The quantitative estimate of drug-likeness (QED) is 0.298. The van der Waals surface area contributed by atoms with Gasteiger partial charge in [-0.25, -0.2) is 0 Å². The van der Waals surface area contributed by atoms with E-state index in [1.807, 2.05) is 13.8 Å². The van der Waals surface area contributed by atoms with Gasteiger partial charge in [0.25, 0.3) is 0 Å². The molecule has 140 valence electrons. The number of amides is 2. The van der Waals surface area contributed by atoms with Crippen molar-refractivity contribution in [2.45, 2.75) is 45.2 Å². The fraction of sp³-hybridized carbons (Fsp3) is 0.812. The maximum Gasteiger partial charge on any atom is 0.322 e. The van der Waals surface area contributed by atoms with Crippen LogP contribution in [-0.4, -0.2) is 73.7 Å². The summed E-state index contributed by atoms with van der Waals surface area (Å²) in [7, 11) is 6.25. The normalized spacial score (nSPS) is 14.1. The van der Waals surface area contributed by atoms with E-state index in [2.05, 4.69) is 31.8 Å². The molecule has 0 aromatic rings. The van der Waals surface area contributed by atoms with E-state index < -0.39 is 36.4 Å². The van der Waals surface area contributed by atoms with Crippen molar-refractivity contribution in [3.8, 4) is 0 Å². The van der Waals surface area contributed by atoms with E-state index in [0.717, 1.165) is 23.9 Å². The number of quaternary nitrogens is 1. The van der Waals surface area contributed by atoms with Crippen LogP contribution in [-0.2, 0) is 14.4 Å². The molecule has 8 heteroatoms. The van der Waals surface area contributed by atoms with E-state index in [1.165, 1.54) is 0 Å². The molecule has 24 heavy (non-hydrogen) atoms. The second kappa shape index (κ2) is 10.2. The first-order valence-electron chi connectivity index (χ1n) is 8.30. The maximum absolute atomic E-state index is 12.1. The van der Waals surface area contributed by atoms with Crippen LogP contribution in [0.15, 0.2) is 0 Å². The lowest BCUT2D eigenvalue weighted by Crippen LogP contribution is -2.53. The van der Waals surface area contributed by atoms with E-state index >= 15 is 0 Å². The smallest absolute Gasteiger partial charge is 0.322 e. The summed E-state index contributed by atoms with van der Waals surface area (Å²) in [6.45, 7) is 4.12. The molecule has 2 atom stereocenters. The second-order valence-electron chi connectivity index (χ2n) is 7.45. The number of hydrogen-bond acceptors (Lipinski definition) is 4. The monoisotopic (exact) mass is 345 g/mol. The van der Waals surface area contributed by atoms with Crippen LogP contribution < -0.4 is 16.4 Å². The van der Waals surface area contributed by atoms with Crippen LogP contribution in [0, 0.1) is 5.92 Å². The summed E-state index contributed by atoms with van der Waals surface area (Å²) in [5.41, 5.74) is 5.80. The Labute approximate surface area is 144 Å². The second-order valence-corrected chi connectivity index (χ2v) is 7.45. The van der Waals surface area contributed by atoms with Crippen LogP contribution in [0.1, 0.15) is 33.1 Å². The van der Waals surface area contributed by atoms with Crippen molar-refractivity contribution in [3.05, 3.63) is 0 Å². The Morgan fingerprint density at radius 2 is 1.67 bits per heavy atom. The summed E-state index contributed by atoms with van der Waals surface area (Å²) in [6.07, 6.45) is 2.10. The molecule has 0 fully saturated rings. The number of aliphatic carboxylic acids is 1. The molecule has 8 nitrogen and oxygen atoms in total. The highest BCUT2D eigenvalue weighted by atomic mass is 16.4. The highest BCUT2D eigenvalue weighted by molar-refractivity contribution is 5.91. The van der Waals surface area contributed by atoms with Crippen molar-refractivity contribution < 1.29 is 24.0 Å². The van der Waals surface area contributed by atoms with Crippen molar-refractivity contribution in [1.29, 1.82) is 0 Å². The molecule has 2 amide bonds. The lowest BCUT2D eigenvalue weighted by Gasteiger charge is -2.25. The molecule has 0 bridgehead atoms. The number of carbonyl (C=O) groups excluding carboxylic acids is 2. The first-order chi connectivity index (χ1) is 10.9. The fourth-order valence-corrected chi connectivity index (χ4v) is 2.06. The molecule has 0 aliphatic heterocycles. The highest BCUT2D eigenvalue weighted by Gasteiger charge is 2.25. The lowest BCUT2D eigenvalue weighted by molar-refractivity contribution is -0.870. The van der Waals surface area contributed by atoms with Crippen molar-refractivity contribution in [2.75, 3.05) is 34.2 Å². The van der Waals surface area contributed by atoms with Crippen LogP contribution in [0.25, 0.3) is 0 Å². The summed E-state index contributed by atoms with van der Waals surface area (Å²) >= 11 is 0. The van der Waals surface area contributed by atoms with Crippen LogP contribution in [0.2, 0.25) is 0 Å². The molecule has 0 rings (SSSR count). The molecule has 0 saturated carbocycles. The molecule has 0 aliphatic carbocycles. The van der Waals surface area contributed by atoms with Gasteiger partial charge in [-0.15, -0.1) is 0 Å². The molecule has 0 aromatic carbocycles. The molecule has 0 unspecified atom stereocenters. The van der Waals surface area contributed by atoms with Gasteiger partial charge in [0.05, 0.1) is 33.7 Å². The average Bonchev–Trinajstić information content (AvgIpc) is 2.45. The summed E-state index contributed by atoms with van der Waals surface area (Å²) in [5, 5.41) is 13.6. The van der Waals surface area contributed by atoms with E-state index in [-0.39, 0.29) is 5.92 Å². The topological polar surface area (TPSA) is 122 Å². The van der Waals surface area contributed by atoms with Gasteiger partial charge in [0.2, 0.25) is 11.8 Å². The molecular weight excluding hydrogens is 312 g/mol. The largest absolute Gasteiger partial charge is 0.480 e. The van der Waals surface area contributed by atoms with Crippen molar-refractivity contribution >= 4 is 17.8 Å². The Kier molecular flexibility index (Phi) is 9.53. The van der Waals surface area contributed by atoms with Gasteiger partial charge >= 0.3 is 5.97 Å². The maximum atomic E-state index is 12.1. The predicted octanol–water partition coefficient (Wildman–Crippen LogP) is -0.468. The van der Waals surface area contributed by atoms with Gasteiger partial charge in [0, 0.05) is 0 Å². The molecular formula is C16H33N4O4+. The number of unbranched alkanes of at least 4 members (excludes halogenated alkanes) is 1. The predicted molar refractivity (Wildman–Crippen MR) is 92.1 cm³/mol. The zero-order valence-corrected chi connectivity index (χ0v) is 15.5. The number of carboxylic acid groups (broad SMARTS) is 1. The van der Waals surface area contributed by atoms with Crippen LogP contribution in [0.3, 0.4) is 0 Å². The third kappa shape index (κ3) is 10.2. The van der Waals surface area contributed by atoms with E-state index in [4.69, 9.17) is 10.8 Å². The average molecular weight is 345 g/mol. The van der Waals surface area contributed by atoms with Crippen molar-refractivity contribution in [1.82, 2.24) is 10.6 Å². The van der Waals surface area contributed by atoms with Crippen molar-refractivity contribution in [2.24, 2.45) is 11.7 Å². The number of carboxylic acids is 1. The molecule has 0 radical (unpaired) electrons. The van der Waals surface area contributed by atoms with Gasteiger partial charge < -0.3 is 26.0 Å². The van der Waals surface area contributed by atoms with Gasteiger partial charge in [0.15, 0.2) is 0 Å². The molecule has 0 spiro atoms. The Morgan fingerprint density at radius 3 is 2.12 bits per heavy atom. The number of nitrogens with zero attached hydrogens (tertiary/aromatic N) is 1. The first-order valence-corrected chi connectivity index (χ1v) is 8.30. The zero-order chi connectivity index (χ0) is 18.9. The minimum Gasteiger partial charge on any atom is -0.480 e. The van der Waals surface area contributed by atoms with Crippen LogP contribution in [0.5, 0.6) is 0 Å². The molecule has 0 aromatic heterocycles. The summed E-state index contributed by atoms with van der Waals surface area (Å²) < 4.78 is 0.820. The molecule has 0 aliphatic rings. The van der Waals surface area contributed by atoms with Gasteiger partial charge in [-0.1, -0.05) is 13.8 Å². The third-order valence-electron chi connectivity index (χ3n) is 3.64. The first kappa shape index (κ1) is 22.3. The Hall–Kier alpha value is -1.67.